The second kappa shape index (κ2) is 4.70. The molecule has 0 radical (unpaired) electrons. The average Bonchev–Trinajstić information content (AvgIpc) is 2.56. The van der Waals surface area contributed by atoms with Gasteiger partial charge in [-0.25, -0.2) is 0 Å². The molecule has 72 valence electrons. The van der Waals surface area contributed by atoms with Crippen LogP contribution in [0.5, 0.6) is 0 Å². The lowest BCUT2D eigenvalue weighted by atomic mass is 10.2. The van der Waals surface area contributed by atoms with Gasteiger partial charge >= 0.3 is 0 Å². The monoisotopic (exact) mass is 180 g/mol. The van der Waals surface area contributed by atoms with Gasteiger partial charge in [-0.15, -0.1) is 0 Å². The molecule has 0 fully saturated rings. The summed E-state index contributed by atoms with van der Waals surface area (Å²) < 4.78 is 5.17. The van der Waals surface area contributed by atoms with Crippen molar-refractivity contribution in [1.82, 2.24) is 0 Å². The van der Waals surface area contributed by atoms with Crippen LogP contribution in [-0.4, -0.2) is 12.4 Å². The van der Waals surface area contributed by atoms with Gasteiger partial charge in [-0.2, -0.15) is 0 Å². The van der Waals surface area contributed by atoms with E-state index in [0.717, 1.165) is 12.2 Å². The Balaban J connectivity index is 2.32. The lowest BCUT2D eigenvalue weighted by molar-refractivity contribution is 0.511. The number of hydrogen-bond acceptors (Lipinski definition) is 2. The molecule has 2 N–H and O–H groups in total. The number of aliphatic imine (C=N–C) groups is 1. The van der Waals surface area contributed by atoms with E-state index < -0.39 is 0 Å². The van der Waals surface area contributed by atoms with Gasteiger partial charge in [-0.05, 0) is 12.1 Å². The van der Waals surface area contributed by atoms with Crippen LogP contribution < -0.4 is 5.73 Å². The molecule has 1 heterocycles. The summed E-state index contributed by atoms with van der Waals surface area (Å²) in [6.45, 7) is 4.77. The highest BCUT2D eigenvalue weighted by molar-refractivity contribution is 5.82. The predicted octanol–water partition coefficient (Wildman–Crippen LogP) is 1.84. The number of rotatable bonds is 4. The molecule has 0 amide bonds. The summed E-state index contributed by atoms with van der Waals surface area (Å²) in [5.41, 5.74) is 5.68. The van der Waals surface area contributed by atoms with Gasteiger partial charge in [-0.1, -0.05) is 13.8 Å². The molecule has 1 rings (SSSR count). The van der Waals surface area contributed by atoms with Crippen LogP contribution in [0.4, 0.5) is 0 Å². The van der Waals surface area contributed by atoms with Gasteiger partial charge in [0.15, 0.2) is 0 Å². The second-order valence-electron chi connectivity index (χ2n) is 3.29. The van der Waals surface area contributed by atoms with E-state index in [1.54, 1.807) is 6.26 Å². The SMILES string of the molecule is CC(C)C(N)=NCCc1ccco1. The molecule has 1 aromatic heterocycles. The molecule has 1 aromatic rings. The van der Waals surface area contributed by atoms with Gasteiger partial charge < -0.3 is 10.2 Å². The van der Waals surface area contributed by atoms with Gasteiger partial charge in [-0.3, -0.25) is 4.99 Å². The van der Waals surface area contributed by atoms with Crippen LogP contribution in [0.25, 0.3) is 0 Å². The third-order valence-corrected chi connectivity index (χ3v) is 1.82. The van der Waals surface area contributed by atoms with Crippen LogP contribution >= 0.6 is 0 Å². The van der Waals surface area contributed by atoms with Crippen LogP contribution in [0, 0.1) is 5.92 Å². The first-order valence-corrected chi connectivity index (χ1v) is 4.52. The summed E-state index contributed by atoms with van der Waals surface area (Å²) >= 11 is 0. The van der Waals surface area contributed by atoms with Crippen LogP contribution in [0.1, 0.15) is 19.6 Å². The largest absolute Gasteiger partial charge is 0.469 e. The maximum absolute atomic E-state index is 5.68. The summed E-state index contributed by atoms with van der Waals surface area (Å²) in [6, 6.07) is 3.83. The zero-order valence-corrected chi connectivity index (χ0v) is 8.16. The number of furan rings is 1. The molecule has 0 unspecified atom stereocenters. The molecule has 0 aromatic carbocycles. The summed E-state index contributed by atoms with van der Waals surface area (Å²) in [5.74, 6) is 2.00. The summed E-state index contributed by atoms with van der Waals surface area (Å²) in [7, 11) is 0. The average molecular weight is 180 g/mol. The summed E-state index contributed by atoms with van der Waals surface area (Å²) in [6.07, 6.45) is 2.49. The van der Waals surface area contributed by atoms with Crippen molar-refractivity contribution < 1.29 is 4.42 Å². The fourth-order valence-electron chi connectivity index (χ4n) is 0.933. The van der Waals surface area contributed by atoms with Crippen molar-refractivity contribution in [2.75, 3.05) is 6.54 Å². The van der Waals surface area contributed by atoms with Crippen LogP contribution in [0.15, 0.2) is 27.8 Å². The highest BCUT2D eigenvalue weighted by Gasteiger charge is 1.98. The van der Waals surface area contributed by atoms with Crippen LogP contribution in [0.3, 0.4) is 0 Å². The Morgan fingerprint density at radius 3 is 2.92 bits per heavy atom. The van der Waals surface area contributed by atoms with Crippen LogP contribution in [0.2, 0.25) is 0 Å². The molecule has 13 heavy (non-hydrogen) atoms. The molecule has 0 saturated carbocycles. The Bertz CT molecular complexity index is 262. The maximum atomic E-state index is 5.68. The van der Waals surface area contributed by atoms with Crippen molar-refractivity contribution in [3.05, 3.63) is 24.2 Å². The third kappa shape index (κ3) is 3.32. The molecule has 0 atom stereocenters. The van der Waals surface area contributed by atoms with E-state index in [4.69, 9.17) is 10.2 Å². The first-order chi connectivity index (χ1) is 6.20. The van der Waals surface area contributed by atoms with Gasteiger partial charge in [0.25, 0.3) is 0 Å². The molecule has 0 aliphatic heterocycles. The van der Waals surface area contributed by atoms with Crippen molar-refractivity contribution in [2.24, 2.45) is 16.6 Å². The van der Waals surface area contributed by atoms with Gasteiger partial charge in [0.2, 0.25) is 0 Å². The Morgan fingerprint density at radius 2 is 2.38 bits per heavy atom. The second-order valence-corrected chi connectivity index (χ2v) is 3.29. The minimum atomic E-state index is 0.330. The molecule has 0 spiro atoms. The number of nitrogens with two attached hydrogens (primary N) is 1. The minimum absolute atomic E-state index is 0.330. The number of amidine groups is 1. The highest BCUT2D eigenvalue weighted by atomic mass is 16.3. The normalized spacial score (nSPS) is 12.4. The molecule has 0 saturated heterocycles. The highest BCUT2D eigenvalue weighted by Crippen LogP contribution is 2.01. The molecule has 3 heteroatoms. The lowest BCUT2D eigenvalue weighted by Gasteiger charge is -2.02. The number of hydrogen-bond donors (Lipinski definition) is 1. The van der Waals surface area contributed by atoms with E-state index in [2.05, 4.69) is 4.99 Å². The van der Waals surface area contributed by atoms with E-state index in [-0.39, 0.29) is 0 Å². The smallest absolute Gasteiger partial charge is 0.105 e. The fourth-order valence-corrected chi connectivity index (χ4v) is 0.933. The van der Waals surface area contributed by atoms with E-state index in [9.17, 15) is 0 Å². The van der Waals surface area contributed by atoms with Crippen LogP contribution in [-0.2, 0) is 6.42 Å². The lowest BCUT2D eigenvalue weighted by Crippen LogP contribution is -2.19. The number of nitrogens with zero attached hydrogens (tertiary/aromatic N) is 1. The van der Waals surface area contributed by atoms with Gasteiger partial charge in [0, 0.05) is 18.9 Å². The van der Waals surface area contributed by atoms with Crippen molar-refractivity contribution in [3.63, 3.8) is 0 Å². The van der Waals surface area contributed by atoms with E-state index in [0.29, 0.717) is 18.3 Å². The quantitative estimate of drug-likeness (QED) is 0.567. The topological polar surface area (TPSA) is 51.5 Å². The van der Waals surface area contributed by atoms with Gasteiger partial charge in [0.1, 0.15) is 5.76 Å². The van der Waals surface area contributed by atoms with Crippen molar-refractivity contribution >= 4 is 5.84 Å². The Morgan fingerprint density at radius 1 is 1.62 bits per heavy atom. The Hall–Kier alpha value is -1.25. The maximum Gasteiger partial charge on any atom is 0.105 e. The molecule has 3 nitrogen and oxygen atoms in total. The van der Waals surface area contributed by atoms with E-state index in [1.165, 1.54) is 0 Å². The minimum Gasteiger partial charge on any atom is -0.469 e. The van der Waals surface area contributed by atoms with E-state index in [1.807, 2.05) is 26.0 Å². The standard InChI is InChI=1S/C10H16N2O/c1-8(2)10(11)12-6-5-9-4-3-7-13-9/h3-4,7-8H,5-6H2,1-2H3,(H2,11,12). The van der Waals surface area contributed by atoms with Crippen molar-refractivity contribution in [3.8, 4) is 0 Å². The first-order valence-electron chi connectivity index (χ1n) is 4.52. The zero-order chi connectivity index (χ0) is 9.68. The molecular weight excluding hydrogens is 164 g/mol. The van der Waals surface area contributed by atoms with Gasteiger partial charge in [0.05, 0.1) is 12.1 Å². The molecule has 0 aliphatic carbocycles. The Labute approximate surface area is 78.7 Å². The fraction of sp³-hybridized carbons (Fsp3) is 0.500. The Kier molecular flexibility index (Phi) is 3.55. The molecular formula is C10H16N2O. The summed E-state index contributed by atoms with van der Waals surface area (Å²) in [5, 5.41) is 0. The predicted molar refractivity (Wildman–Crippen MR) is 53.7 cm³/mol. The van der Waals surface area contributed by atoms with Crippen molar-refractivity contribution in [2.45, 2.75) is 20.3 Å². The zero-order valence-electron chi connectivity index (χ0n) is 8.16. The first kappa shape index (κ1) is 9.84. The molecule has 0 aliphatic rings. The molecule has 0 bridgehead atoms. The van der Waals surface area contributed by atoms with Crippen molar-refractivity contribution in [1.29, 1.82) is 0 Å². The van der Waals surface area contributed by atoms with E-state index >= 15 is 0 Å². The summed E-state index contributed by atoms with van der Waals surface area (Å²) in [4.78, 5) is 4.23. The third-order valence-electron chi connectivity index (χ3n) is 1.82.